The lowest BCUT2D eigenvalue weighted by molar-refractivity contribution is -0.142. The van der Waals surface area contributed by atoms with Gasteiger partial charge in [0.1, 0.15) is 5.69 Å². The predicted molar refractivity (Wildman–Crippen MR) is 107 cm³/mol. The van der Waals surface area contributed by atoms with Crippen LogP contribution < -0.4 is 10.6 Å². The quantitative estimate of drug-likeness (QED) is 0.549. The highest BCUT2D eigenvalue weighted by molar-refractivity contribution is 7.14. The molecule has 1 aromatic carbocycles. The summed E-state index contributed by atoms with van der Waals surface area (Å²) in [5.74, 6) is -0.723. The maximum atomic E-state index is 12.3. The van der Waals surface area contributed by atoms with Gasteiger partial charge in [-0.1, -0.05) is 17.7 Å². The number of benzene rings is 1. The van der Waals surface area contributed by atoms with Crippen molar-refractivity contribution < 1.29 is 14.3 Å². The molecule has 0 atom stereocenters. The van der Waals surface area contributed by atoms with Gasteiger partial charge < -0.3 is 10.1 Å². The highest BCUT2D eigenvalue weighted by Gasteiger charge is 2.14. The number of nitrogens with zero attached hydrogens (tertiary/aromatic N) is 2. The molecular weight excluding hydrogens is 408 g/mol. The van der Waals surface area contributed by atoms with Gasteiger partial charge in [-0.25, -0.2) is 9.97 Å². The normalized spacial score (nSPS) is 10.4. The zero-order chi connectivity index (χ0) is 19.2. The molecule has 140 valence electrons. The van der Waals surface area contributed by atoms with E-state index in [1.165, 1.54) is 22.7 Å². The van der Waals surface area contributed by atoms with Crippen LogP contribution in [0.25, 0.3) is 0 Å². The molecule has 2 aromatic heterocycles. The Morgan fingerprint density at radius 2 is 2.00 bits per heavy atom. The van der Waals surface area contributed by atoms with Gasteiger partial charge in [0, 0.05) is 21.5 Å². The third kappa shape index (κ3) is 5.49. The number of halogens is 1. The third-order valence-corrected chi connectivity index (χ3v) is 5.02. The van der Waals surface area contributed by atoms with Crippen LogP contribution in [-0.2, 0) is 16.0 Å². The molecule has 3 aromatic rings. The van der Waals surface area contributed by atoms with Gasteiger partial charge in [-0.3, -0.25) is 14.9 Å². The summed E-state index contributed by atoms with van der Waals surface area (Å²) in [6.45, 7) is 2.07. The Bertz CT molecular complexity index is 957. The summed E-state index contributed by atoms with van der Waals surface area (Å²) in [5, 5.41) is 10.7. The molecule has 0 bridgehead atoms. The summed E-state index contributed by atoms with van der Waals surface area (Å²) in [6.07, 6.45) is 0.0740. The molecule has 0 aliphatic rings. The van der Waals surface area contributed by atoms with Gasteiger partial charge in [-0.05, 0) is 25.1 Å². The summed E-state index contributed by atoms with van der Waals surface area (Å²) < 4.78 is 4.88. The Hall–Kier alpha value is -2.49. The lowest BCUT2D eigenvalue weighted by Gasteiger charge is -2.02. The van der Waals surface area contributed by atoms with Crippen molar-refractivity contribution in [1.29, 1.82) is 0 Å². The number of hydrogen-bond acceptors (Lipinski definition) is 8. The van der Waals surface area contributed by atoms with Crippen molar-refractivity contribution in [1.82, 2.24) is 9.97 Å². The van der Waals surface area contributed by atoms with E-state index in [2.05, 4.69) is 20.6 Å². The first kappa shape index (κ1) is 19.3. The number of carbonyl (C=O) groups is 2. The Kier molecular flexibility index (Phi) is 6.38. The highest BCUT2D eigenvalue weighted by Crippen LogP contribution is 2.24. The summed E-state index contributed by atoms with van der Waals surface area (Å²) >= 11 is 8.49. The zero-order valence-electron chi connectivity index (χ0n) is 14.2. The van der Waals surface area contributed by atoms with Crippen LogP contribution in [0, 0.1) is 0 Å². The van der Waals surface area contributed by atoms with Crippen molar-refractivity contribution in [2.45, 2.75) is 13.3 Å². The summed E-state index contributed by atoms with van der Waals surface area (Å²) in [5.41, 5.74) is 1.61. The SMILES string of the molecule is CCOC(=O)Cc1csc(NC(=O)c2csc(Nc3cccc(Cl)c3)n2)n1. The van der Waals surface area contributed by atoms with Crippen LogP contribution in [0.4, 0.5) is 16.0 Å². The van der Waals surface area contributed by atoms with Crippen LogP contribution in [0.1, 0.15) is 23.1 Å². The molecule has 0 saturated heterocycles. The monoisotopic (exact) mass is 422 g/mol. The molecule has 10 heteroatoms. The zero-order valence-corrected chi connectivity index (χ0v) is 16.6. The van der Waals surface area contributed by atoms with Crippen LogP contribution in [-0.4, -0.2) is 28.5 Å². The van der Waals surface area contributed by atoms with Crippen LogP contribution in [0.5, 0.6) is 0 Å². The first-order valence-electron chi connectivity index (χ1n) is 7.93. The molecule has 1 amide bonds. The Morgan fingerprint density at radius 1 is 1.19 bits per heavy atom. The molecule has 2 heterocycles. The second-order valence-corrected chi connectivity index (χ2v) is 7.41. The van der Waals surface area contributed by atoms with E-state index in [4.69, 9.17) is 16.3 Å². The number of amides is 1. The average Bonchev–Trinajstić information content (AvgIpc) is 3.25. The molecule has 0 saturated carbocycles. The molecule has 2 N–H and O–H groups in total. The number of ether oxygens (including phenoxy) is 1. The van der Waals surface area contributed by atoms with Gasteiger partial charge in [0.2, 0.25) is 0 Å². The largest absolute Gasteiger partial charge is 0.466 e. The minimum absolute atomic E-state index is 0.0740. The minimum atomic E-state index is -0.373. The smallest absolute Gasteiger partial charge is 0.311 e. The van der Waals surface area contributed by atoms with Crippen molar-refractivity contribution in [3.63, 3.8) is 0 Å². The third-order valence-electron chi connectivity index (χ3n) is 3.22. The van der Waals surface area contributed by atoms with Crippen molar-refractivity contribution in [2.24, 2.45) is 0 Å². The van der Waals surface area contributed by atoms with Crippen molar-refractivity contribution in [3.8, 4) is 0 Å². The summed E-state index contributed by atoms with van der Waals surface area (Å²) in [6, 6.07) is 7.22. The van der Waals surface area contributed by atoms with Crippen LogP contribution in [0.2, 0.25) is 5.02 Å². The van der Waals surface area contributed by atoms with E-state index in [9.17, 15) is 9.59 Å². The second kappa shape index (κ2) is 8.94. The molecule has 27 heavy (non-hydrogen) atoms. The number of rotatable bonds is 7. The molecule has 0 aliphatic heterocycles. The van der Waals surface area contributed by atoms with E-state index in [-0.39, 0.29) is 24.0 Å². The highest BCUT2D eigenvalue weighted by atomic mass is 35.5. The fourth-order valence-corrected chi connectivity index (χ4v) is 3.70. The first-order chi connectivity index (χ1) is 13.0. The topological polar surface area (TPSA) is 93.2 Å². The van der Waals surface area contributed by atoms with Crippen LogP contribution >= 0.6 is 34.3 Å². The molecule has 0 spiro atoms. The number of esters is 1. The molecule has 7 nitrogen and oxygen atoms in total. The summed E-state index contributed by atoms with van der Waals surface area (Å²) in [7, 11) is 0. The Balaban J connectivity index is 1.59. The molecule has 0 radical (unpaired) electrons. The lowest BCUT2D eigenvalue weighted by Crippen LogP contribution is -2.12. The first-order valence-corrected chi connectivity index (χ1v) is 10.1. The molecule has 0 aliphatic carbocycles. The van der Waals surface area contributed by atoms with E-state index in [1.54, 1.807) is 29.8 Å². The molecule has 3 rings (SSSR count). The van der Waals surface area contributed by atoms with E-state index in [0.717, 1.165) is 5.69 Å². The number of thiazole rings is 2. The van der Waals surface area contributed by atoms with Crippen molar-refractivity contribution in [2.75, 3.05) is 17.2 Å². The average molecular weight is 423 g/mol. The number of aromatic nitrogens is 2. The maximum Gasteiger partial charge on any atom is 0.311 e. The fourth-order valence-electron chi connectivity index (χ4n) is 2.09. The van der Waals surface area contributed by atoms with E-state index in [0.29, 0.717) is 27.6 Å². The Labute approximate surface area is 168 Å². The van der Waals surface area contributed by atoms with E-state index >= 15 is 0 Å². The predicted octanol–water partition coefficient (Wildman–Crippen LogP) is 4.35. The fraction of sp³-hybridized carbons (Fsp3) is 0.176. The van der Waals surface area contributed by atoms with Gasteiger partial charge >= 0.3 is 5.97 Å². The van der Waals surface area contributed by atoms with Crippen molar-refractivity contribution >= 4 is 62.1 Å². The van der Waals surface area contributed by atoms with E-state index < -0.39 is 0 Å². The number of nitrogens with one attached hydrogen (secondary N) is 2. The van der Waals surface area contributed by atoms with Gasteiger partial charge in [0.05, 0.1) is 18.7 Å². The van der Waals surface area contributed by atoms with Gasteiger partial charge in [-0.2, -0.15) is 0 Å². The molecular formula is C17H15ClN4O3S2. The Morgan fingerprint density at radius 3 is 2.78 bits per heavy atom. The number of carbonyl (C=O) groups excluding carboxylic acids is 2. The minimum Gasteiger partial charge on any atom is -0.466 e. The second-order valence-electron chi connectivity index (χ2n) is 5.25. The van der Waals surface area contributed by atoms with Gasteiger partial charge in [-0.15, -0.1) is 22.7 Å². The molecule has 0 fully saturated rings. The van der Waals surface area contributed by atoms with Crippen molar-refractivity contribution in [3.05, 3.63) is 51.4 Å². The van der Waals surface area contributed by atoms with Gasteiger partial charge in [0.15, 0.2) is 10.3 Å². The number of hydrogen-bond donors (Lipinski definition) is 2. The van der Waals surface area contributed by atoms with E-state index in [1.807, 2.05) is 12.1 Å². The molecule has 0 unspecified atom stereocenters. The number of anilines is 3. The van der Waals surface area contributed by atoms with Crippen LogP contribution in [0.15, 0.2) is 35.0 Å². The standard InChI is InChI=1S/C17H15ClN4O3S2/c1-2-25-14(23)7-12-8-26-17(20-12)22-15(24)13-9-27-16(21-13)19-11-5-3-4-10(18)6-11/h3-6,8-9H,2,7H2,1H3,(H,19,21)(H,20,22,24). The maximum absolute atomic E-state index is 12.3. The lowest BCUT2D eigenvalue weighted by atomic mass is 10.3. The van der Waals surface area contributed by atoms with Gasteiger partial charge in [0.25, 0.3) is 5.91 Å². The van der Waals surface area contributed by atoms with Crippen LogP contribution in [0.3, 0.4) is 0 Å². The summed E-state index contributed by atoms with van der Waals surface area (Å²) in [4.78, 5) is 32.3.